The summed E-state index contributed by atoms with van der Waals surface area (Å²) in [6.07, 6.45) is 3.63. The van der Waals surface area contributed by atoms with Crippen LogP contribution in [0.1, 0.15) is 44.2 Å². The van der Waals surface area contributed by atoms with E-state index in [0.29, 0.717) is 0 Å². The molecule has 0 spiro atoms. The minimum absolute atomic E-state index is 0. The Labute approximate surface area is 154 Å². The fraction of sp³-hybridized carbons (Fsp3) is 0.381. The molecule has 0 atom stereocenters. The van der Waals surface area contributed by atoms with Crippen molar-refractivity contribution in [3.8, 4) is 0 Å². The molecule has 1 radical (unpaired) electrons. The van der Waals surface area contributed by atoms with Crippen molar-refractivity contribution in [3.05, 3.63) is 71.6 Å². The first-order chi connectivity index (χ1) is 10.7. The van der Waals surface area contributed by atoms with E-state index in [2.05, 4.69) is 87.4 Å². The molecule has 119 valence electrons. The van der Waals surface area contributed by atoms with Crippen LogP contribution in [-0.2, 0) is 0 Å². The molecule has 0 bridgehead atoms. The van der Waals surface area contributed by atoms with Gasteiger partial charge in [0.2, 0.25) is 0 Å². The zero-order valence-corrected chi connectivity index (χ0v) is 14.3. The van der Waals surface area contributed by atoms with Crippen LogP contribution in [0.2, 0.25) is 0 Å². The zero-order chi connectivity index (χ0) is 15.9. The van der Waals surface area contributed by atoms with E-state index in [0.717, 1.165) is 12.3 Å². The van der Waals surface area contributed by atoms with E-state index in [9.17, 15) is 0 Å². The van der Waals surface area contributed by atoms with Gasteiger partial charge in [0.15, 0.2) is 0 Å². The Kier molecular flexibility index (Phi) is 8.52. The van der Waals surface area contributed by atoms with E-state index >= 15 is 0 Å². The third-order valence-corrected chi connectivity index (χ3v) is 4.50. The molecule has 0 N–H and O–H groups in total. The van der Waals surface area contributed by atoms with Crippen LogP contribution < -0.4 is 4.90 Å². The van der Waals surface area contributed by atoms with Crippen LogP contribution in [0.15, 0.2) is 54.6 Å². The van der Waals surface area contributed by atoms with Crippen molar-refractivity contribution in [1.82, 2.24) is 0 Å². The maximum atomic E-state index is 2.30. The molecule has 2 aromatic rings. The summed E-state index contributed by atoms with van der Waals surface area (Å²) >= 11 is 0. The standard InChI is InChI=1S/C21H28N.Li.H/c1-5-17(6-2)16-21(18-10-8-7-9-11-18)19-12-14-20(15-13-19)22(3)4;;/h7-15,17H,5-6,16H2,1-4H3;;. The predicted molar refractivity (Wildman–Crippen MR) is 104 cm³/mol. The third-order valence-electron chi connectivity index (χ3n) is 4.50. The van der Waals surface area contributed by atoms with Gasteiger partial charge in [-0.3, -0.25) is 0 Å². The van der Waals surface area contributed by atoms with Gasteiger partial charge in [-0.15, -0.1) is 0 Å². The van der Waals surface area contributed by atoms with Crippen LogP contribution in [0.4, 0.5) is 5.69 Å². The Balaban J connectivity index is 0.00000264. The zero-order valence-electron chi connectivity index (χ0n) is 14.3. The molecule has 0 aliphatic heterocycles. The molecular weight excluding hydrogens is 273 g/mol. The van der Waals surface area contributed by atoms with Crippen molar-refractivity contribution in [2.24, 2.45) is 5.92 Å². The van der Waals surface area contributed by atoms with Gasteiger partial charge < -0.3 is 4.90 Å². The van der Waals surface area contributed by atoms with Gasteiger partial charge >= 0.3 is 18.9 Å². The summed E-state index contributed by atoms with van der Waals surface area (Å²) in [5.74, 6) is 2.23. The second kappa shape index (κ2) is 9.86. The van der Waals surface area contributed by atoms with Gasteiger partial charge in [-0.1, -0.05) is 69.2 Å². The number of benzene rings is 2. The molecule has 2 rings (SSSR count). The van der Waals surface area contributed by atoms with Crippen molar-refractivity contribution < 1.29 is 0 Å². The van der Waals surface area contributed by atoms with Crippen molar-refractivity contribution in [2.45, 2.75) is 33.1 Å². The Morgan fingerprint density at radius 3 is 1.83 bits per heavy atom. The Bertz CT molecular complexity index is 544. The maximum absolute atomic E-state index is 2.30. The molecule has 0 fully saturated rings. The van der Waals surface area contributed by atoms with Crippen LogP contribution in [-0.4, -0.2) is 33.0 Å². The van der Waals surface area contributed by atoms with Gasteiger partial charge in [0.25, 0.3) is 0 Å². The van der Waals surface area contributed by atoms with E-state index in [4.69, 9.17) is 0 Å². The number of hydrogen-bond donors (Lipinski definition) is 0. The fourth-order valence-corrected chi connectivity index (χ4v) is 2.87. The molecule has 2 aromatic carbocycles. The molecule has 0 aliphatic rings. The first-order valence-electron chi connectivity index (χ1n) is 8.34. The number of hydrogen-bond acceptors (Lipinski definition) is 1. The number of nitrogens with zero attached hydrogens (tertiary/aromatic N) is 1. The van der Waals surface area contributed by atoms with Gasteiger partial charge in [0, 0.05) is 25.7 Å². The summed E-state index contributed by atoms with van der Waals surface area (Å²) in [6, 6.07) is 19.8. The fourth-order valence-electron chi connectivity index (χ4n) is 2.87. The Morgan fingerprint density at radius 2 is 1.35 bits per heavy atom. The summed E-state index contributed by atoms with van der Waals surface area (Å²) in [6.45, 7) is 4.60. The van der Waals surface area contributed by atoms with E-state index in [1.54, 1.807) is 0 Å². The molecule has 0 heterocycles. The van der Waals surface area contributed by atoms with E-state index in [1.165, 1.54) is 35.6 Å². The van der Waals surface area contributed by atoms with Crippen molar-refractivity contribution in [1.29, 1.82) is 0 Å². The van der Waals surface area contributed by atoms with Crippen molar-refractivity contribution >= 4 is 24.5 Å². The Hall–Kier alpha value is -1.16. The average Bonchev–Trinajstić information content (AvgIpc) is 2.57. The first kappa shape index (κ1) is 19.9. The molecule has 0 unspecified atom stereocenters. The van der Waals surface area contributed by atoms with Crippen molar-refractivity contribution in [3.63, 3.8) is 0 Å². The van der Waals surface area contributed by atoms with Crippen LogP contribution >= 0.6 is 0 Å². The Morgan fingerprint density at radius 1 is 0.826 bits per heavy atom. The van der Waals surface area contributed by atoms with Gasteiger partial charge in [-0.25, -0.2) is 0 Å². The van der Waals surface area contributed by atoms with Gasteiger partial charge in [0.05, 0.1) is 0 Å². The van der Waals surface area contributed by atoms with Crippen LogP contribution in [0.5, 0.6) is 0 Å². The van der Waals surface area contributed by atoms with E-state index in [1.807, 2.05) is 0 Å². The summed E-state index contributed by atoms with van der Waals surface area (Å²) < 4.78 is 0. The summed E-state index contributed by atoms with van der Waals surface area (Å²) in [5, 5.41) is 0. The molecule has 2 heteroatoms. The second-order valence-corrected chi connectivity index (χ2v) is 6.17. The molecular formula is C21H29LiN. The SMILES string of the molecule is CCC(CC)C[C](c1ccccc1)c1ccc(N(C)C)cc1.[LiH]. The molecule has 23 heavy (non-hydrogen) atoms. The normalized spacial score (nSPS) is 10.7. The average molecular weight is 302 g/mol. The van der Waals surface area contributed by atoms with Crippen LogP contribution in [0.3, 0.4) is 0 Å². The monoisotopic (exact) mass is 302 g/mol. The molecule has 0 saturated carbocycles. The molecule has 0 amide bonds. The number of rotatable bonds is 7. The molecule has 0 aromatic heterocycles. The van der Waals surface area contributed by atoms with E-state index < -0.39 is 0 Å². The van der Waals surface area contributed by atoms with E-state index in [-0.39, 0.29) is 18.9 Å². The van der Waals surface area contributed by atoms with Gasteiger partial charge in [-0.2, -0.15) is 0 Å². The molecule has 1 nitrogen and oxygen atoms in total. The predicted octanol–water partition coefficient (Wildman–Crippen LogP) is 4.90. The summed E-state index contributed by atoms with van der Waals surface area (Å²) in [4.78, 5) is 2.15. The minimum atomic E-state index is 0. The van der Waals surface area contributed by atoms with Gasteiger partial charge in [0.1, 0.15) is 0 Å². The van der Waals surface area contributed by atoms with Crippen molar-refractivity contribution in [2.75, 3.05) is 19.0 Å². The summed E-state index contributed by atoms with van der Waals surface area (Å²) in [7, 11) is 4.17. The number of anilines is 1. The topological polar surface area (TPSA) is 3.24 Å². The van der Waals surface area contributed by atoms with Gasteiger partial charge in [-0.05, 0) is 35.6 Å². The first-order valence-corrected chi connectivity index (χ1v) is 8.34. The molecule has 0 aliphatic carbocycles. The van der Waals surface area contributed by atoms with Crippen LogP contribution in [0.25, 0.3) is 0 Å². The quantitative estimate of drug-likeness (QED) is 0.657. The summed E-state index contributed by atoms with van der Waals surface area (Å²) in [5.41, 5.74) is 3.95. The third kappa shape index (κ3) is 5.45. The second-order valence-electron chi connectivity index (χ2n) is 6.17. The molecule has 0 saturated heterocycles. The van der Waals surface area contributed by atoms with Crippen LogP contribution in [0, 0.1) is 11.8 Å².